The van der Waals surface area contributed by atoms with Gasteiger partial charge in [0.15, 0.2) is 6.20 Å². The summed E-state index contributed by atoms with van der Waals surface area (Å²) in [6.45, 7) is 8.87. The molecule has 0 N–H and O–H groups in total. The molecule has 0 saturated carbocycles. The fourth-order valence-corrected chi connectivity index (χ4v) is 2.64. The highest BCUT2D eigenvalue weighted by Crippen LogP contribution is 2.22. The van der Waals surface area contributed by atoms with Crippen molar-refractivity contribution >= 4 is 0 Å². The molecule has 0 unspecified atom stereocenters. The minimum atomic E-state index is 0.709. The van der Waals surface area contributed by atoms with Crippen molar-refractivity contribution in [1.29, 1.82) is 0 Å². The minimum absolute atomic E-state index is 0.709. The Balaban J connectivity index is 2.40. The maximum atomic E-state index is 2.33. The van der Waals surface area contributed by atoms with Crippen molar-refractivity contribution in [3.63, 3.8) is 0 Å². The molecule has 1 heterocycles. The quantitative estimate of drug-likeness (QED) is 0.729. The van der Waals surface area contributed by atoms with E-state index < -0.39 is 0 Å². The van der Waals surface area contributed by atoms with Crippen molar-refractivity contribution in [2.24, 2.45) is 13.0 Å². The van der Waals surface area contributed by atoms with Crippen molar-refractivity contribution in [3.05, 3.63) is 53.2 Å². The van der Waals surface area contributed by atoms with Crippen molar-refractivity contribution < 1.29 is 4.57 Å². The molecule has 19 heavy (non-hydrogen) atoms. The summed E-state index contributed by atoms with van der Waals surface area (Å²) in [5.41, 5.74) is 6.69. The molecule has 0 spiro atoms. The highest BCUT2D eigenvalue weighted by Gasteiger charge is 2.12. The molecule has 0 amide bonds. The first-order chi connectivity index (χ1) is 8.97. The number of pyridine rings is 1. The van der Waals surface area contributed by atoms with Crippen molar-refractivity contribution in [3.8, 4) is 11.3 Å². The Morgan fingerprint density at radius 2 is 1.79 bits per heavy atom. The monoisotopic (exact) mass is 254 g/mol. The number of hydrogen-bond donors (Lipinski definition) is 0. The molecular weight excluding hydrogens is 230 g/mol. The Labute approximate surface area is 116 Å². The normalized spacial score (nSPS) is 11.1. The van der Waals surface area contributed by atoms with E-state index in [9.17, 15) is 0 Å². The molecule has 0 aliphatic rings. The zero-order chi connectivity index (χ0) is 14.0. The molecule has 2 rings (SSSR count). The van der Waals surface area contributed by atoms with Crippen LogP contribution in [0, 0.1) is 19.8 Å². The van der Waals surface area contributed by atoms with Gasteiger partial charge in [0.1, 0.15) is 7.05 Å². The number of rotatable bonds is 3. The van der Waals surface area contributed by atoms with Crippen LogP contribution in [0.25, 0.3) is 11.3 Å². The molecule has 1 aromatic heterocycles. The predicted octanol–water partition coefficient (Wildman–Crippen LogP) is 3.99. The van der Waals surface area contributed by atoms with Crippen LogP contribution in [0.1, 0.15) is 30.5 Å². The van der Waals surface area contributed by atoms with Gasteiger partial charge in [-0.15, -0.1) is 0 Å². The third-order valence-corrected chi connectivity index (χ3v) is 3.49. The molecule has 0 atom stereocenters. The molecule has 100 valence electrons. The molecular formula is C18H24N+. The topological polar surface area (TPSA) is 3.88 Å². The summed E-state index contributed by atoms with van der Waals surface area (Å²) < 4.78 is 2.21. The standard InChI is InChI=1S/C18H24N/c1-13(2)10-16-7-8-17(15(4)11-16)18-9-6-14(3)12-19(18)5/h6-9,11-13H,10H2,1-5H3/q+1. The van der Waals surface area contributed by atoms with Gasteiger partial charge in [-0.2, -0.15) is 0 Å². The summed E-state index contributed by atoms with van der Waals surface area (Å²) in [6.07, 6.45) is 3.33. The molecule has 0 fully saturated rings. The lowest BCUT2D eigenvalue weighted by Gasteiger charge is -2.09. The lowest BCUT2D eigenvalue weighted by atomic mass is 9.97. The van der Waals surface area contributed by atoms with Crippen LogP contribution in [0.3, 0.4) is 0 Å². The Hall–Kier alpha value is -1.63. The minimum Gasteiger partial charge on any atom is -0.201 e. The van der Waals surface area contributed by atoms with E-state index in [4.69, 9.17) is 0 Å². The zero-order valence-electron chi connectivity index (χ0n) is 12.7. The van der Waals surface area contributed by atoms with E-state index in [1.165, 1.54) is 27.9 Å². The van der Waals surface area contributed by atoms with Gasteiger partial charge in [0.05, 0.1) is 0 Å². The molecule has 0 aliphatic carbocycles. The fraction of sp³-hybridized carbons (Fsp3) is 0.389. The van der Waals surface area contributed by atoms with E-state index in [-0.39, 0.29) is 0 Å². The Morgan fingerprint density at radius 3 is 2.37 bits per heavy atom. The first-order valence-corrected chi connectivity index (χ1v) is 7.03. The summed E-state index contributed by atoms with van der Waals surface area (Å²) >= 11 is 0. The van der Waals surface area contributed by atoms with Crippen LogP contribution in [0.4, 0.5) is 0 Å². The van der Waals surface area contributed by atoms with Crippen LogP contribution in [0.5, 0.6) is 0 Å². The number of hydrogen-bond acceptors (Lipinski definition) is 0. The van der Waals surface area contributed by atoms with Gasteiger partial charge < -0.3 is 0 Å². The van der Waals surface area contributed by atoms with Crippen LogP contribution >= 0.6 is 0 Å². The number of benzene rings is 1. The summed E-state index contributed by atoms with van der Waals surface area (Å²) in [5, 5.41) is 0. The molecule has 1 heteroatoms. The Bertz CT molecular complexity index is 582. The zero-order valence-corrected chi connectivity index (χ0v) is 12.7. The molecule has 1 nitrogen and oxygen atoms in total. The summed E-state index contributed by atoms with van der Waals surface area (Å²) in [7, 11) is 2.11. The lowest BCUT2D eigenvalue weighted by molar-refractivity contribution is -0.660. The number of nitrogens with zero attached hydrogens (tertiary/aromatic N) is 1. The van der Waals surface area contributed by atoms with Crippen molar-refractivity contribution in [2.45, 2.75) is 34.1 Å². The third kappa shape index (κ3) is 3.23. The lowest BCUT2D eigenvalue weighted by Crippen LogP contribution is -2.31. The molecule has 0 radical (unpaired) electrons. The van der Waals surface area contributed by atoms with Crippen LogP contribution in [0.2, 0.25) is 0 Å². The average molecular weight is 254 g/mol. The maximum Gasteiger partial charge on any atom is 0.212 e. The van der Waals surface area contributed by atoms with Crippen LogP contribution in [0.15, 0.2) is 36.5 Å². The first-order valence-electron chi connectivity index (χ1n) is 7.03. The van der Waals surface area contributed by atoms with Gasteiger partial charge >= 0.3 is 0 Å². The SMILES string of the molecule is Cc1ccc(-c2ccc(CC(C)C)cc2C)[n+](C)c1. The van der Waals surface area contributed by atoms with Gasteiger partial charge in [0, 0.05) is 17.2 Å². The van der Waals surface area contributed by atoms with E-state index in [2.05, 4.69) is 75.8 Å². The maximum absolute atomic E-state index is 2.33. The molecule has 2 aromatic rings. The van der Waals surface area contributed by atoms with Gasteiger partial charge in [-0.1, -0.05) is 26.0 Å². The predicted molar refractivity (Wildman–Crippen MR) is 81.1 cm³/mol. The van der Waals surface area contributed by atoms with Crippen molar-refractivity contribution in [2.75, 3.05) is 0 Å². The summed E-state index contributed by atoms with van der Waals surface area (Å²) in [4.78, 5) is 0. The Kier molecular flexibility index (Phi) is 4.04. The van der Waals surface area contributed by atoms with Gasteiger partial charge in [0.25, 0.3) is 0 Å². The molecule has 0 aliphatic heterocycles. The number of aromatic nitrogens is 1. The first kappa shape index (κ1) is 13.8. The van der Waals surface area contributed by atoms with E-state index in [1.807, 2.05) is 0 Å². The van der Waals surface area contributed by atoms with Gasteiger partial charge in [-0.3, -0.25) is 0 Å². The van der Waals surface area contributed by atoms with E-state index in [0.717, 1.165) is 6.42 Å². The van der Waals surface area contributed by atoms with Gasteiger partial charge in [0.2, 0.25) is 5.69 Å². The van der Waals surface area contributed by atoms with Crippen molar-refractivity contribution in [1.82, 2.24) is 0 Å². The fourth-order valence-electron chi connectivity index (χ4n) is 2.64. The number of aryl methyl sites for hydroxylation is 3. The third-order valence-electron chi connectivity index (χ3n) is 3.49. The van der Waals surface area contributed by atoms with E-state index in [0.29, 0.717) is 5.92 Å². The Morgan fingerprint density at radius 1 is 1.05 bits per heavy atom. The van der Waals surface area contributed by atoms with Crippen LogP contribution in [-0.4, -0.2) is 0 Å². The summed E-state index contributed by atoms with van der Waals surface area (Å²) in [5.74, 6) is 0.709. The molecule has 1 aromatic carbocycles. The average Bonchev–Trinajstić information content (AvgIpc) is 2.30. The van der Waals surface area contributed by atoms with Gasteiger partial charge in [-0.25, -0.2) is 4.57 Å². The second-order valence-corrected chi connectivity index (χ2v) is 5.95. The highest BCUT2D eigenvalue weighted by atomic mass is 14.9. The van der Waals surface area contributed by atoms with Crippen LogP contribution in [-0.2, 0) is 13.5 Å². The largest absolute Gasteiger partial charge is 0.212 e. The highest BCUT2D eigenvalue weighted by molar-refractivity contribution is 5.61. The summed E-state index contributed by atoms with van der Waals surface area (Å²) in [6, 6.07) is 11.2. The van der Waals surface area contributed by atoms with Gasteiger partial charge in [-0.05, 0) is 49.4 Å². The second-order valence-electron chi connectivity index (χ2n) is 5.95. The molecule has 0 bridgehead atoms. The second kappa shape index (κ2) is 5.56. The molecule has 0 saturated heterocycles. The van der Waals surface area contributed by atoms with E-state index >= 15 is 0 Å². The smallest absolute Gasteiger partial charge is 0.201 e. The van der Waals surface area contributed by atoms with Crippen LogP contribution < -0.4 is 4.57 Å². The van der Waals surface area contributed by atoms with E-state index in [1.54, 1.807) is 0 Å².